The molecular formula is C37H51F4N5O3. The van der Waals surface area contributed by atoms with Crippen molar-refractivity contribution >= 4 is 23.4 Å². The van der Waals surface area contributed by atoms with Gasteiger partial charge in [-0.2, -0.15) is 18.3 Å². The maximum absolute atomic E-state index is 15.7. The van der Waals surface area contributed by atoms with E-state index in [0.717, 1.165) is 75.2 Å². The Hall–Kier alpha value is -3.44. The van der Waals surface area contributed by atoms with Crippen LogP contribution in [0.4, 0.5) is 23.2 Å². The number of benzene rings is 1. The van der Waals surface area contributed by atoms with Crippen LogP contribution in [0.15, 0.2) is 30.5 Å². The molecule has 8 nitrogen and oxygen atoms in total. The van der Waals surface area contributed by atoms with E-state index in [-0.39, 0.29) is 48.0 Å². The Morgan fingerprint density at radius 2 is 1.47 bits per heavy atom. The molecule has 3 aliphatic rings. The number of hydrogen-bond donors (Lipinski definition) is 2. The first kappa shape index (κ1) is 36.8. The van der Waals surface area contributed by atoms with Crippen LogP contribution >= 0.6 is 0 Å². The Labute approximate surface area is 286 Å². The number of likely N-dealkylation sites (tertiary alicyclic amines) is 1. The molecule has 2 aliphatic carbocycles. The molecule has 270 valence electrons. The summed E-state index contributed by atoms with van der Waals surface area (Å²) >= 11 is 0. The van der Waals surface area contributed by atoms with E-state index < -0.39 is 47.7 Å². The second-order valence-electron chi connectivity index (χ2n) is 14.6. The minimum absolute atomic E-state index is 0.00179. The number of aromatic nitrogens is 2. The van der Waals surface area contributed by atoms with Crippen LogP contribution in [0.5, 0.6) is 0 Å². The molecule has 1 aliphatic heterocycles. The molecule has 3 atom stereocenters. The Balaban J connectivity index is 1.40. The fourth-order valence-electron chi connectivity index (χ4n) is 8.46. The minimum atomic E-state index is -4.54. The van der Waals surface area contributed by atoms with Gasteiger partial charge in [-0.3, -0.25) is 19.1 Å². The van der Waals surface area contributed by atoms with Gasteiger partial charge in [0.15, 0.2) is 0 Å². The summed E-state index contributed by atoms with van der Waals surface area (Å²) in [5.41, 5.74) is 0.452. The lowest BCUT2D eigenvalue weighted by Crippen LogP contribution is -2.53. The Kier molecular flexibility index (Phi) is 12.1. The van der Waals surface area contributed by atoms with Crippen molar-refractivity contribution in [3.05, 3.63) is 47.5 Å². The zero-order chi connectivity index (χ0) is 35.3. The summed E-state index contributed by atoms with van der Waals surface area (Å²) in [6.07, 6.45) is 8.10. The molecule has 0 bridgehead atoms. The maximum Gasteiger partial charge on any atom is 0.408 e. The van der Waals surface area contributed by atoms with E-state index in [1.165, 1.54) is 19.1 Å². The predicted molar refractivity (Wildman–Crippen MR) is 179 cm³/mol. The number of halogens is 4. The van der Waals surface area contributed by atoms with Crippen LogP contribution in [0, 0.1) is 23.6 Å². The molecule has 1 aromatic heterocycles. The van der Waals surface area contributed by atoms with Crippen LogP contribution in [-0.4, -0.2) is 57.2 Å². The molecule has 3 unspecified atom stereocenters. The Morgan fingerprint density at radius 3 is 2.04 bits per heavy atom. The molecular weight excluding hydrogens is 638 g/mol. The Morgan fingerprint density at radius 1 is 0.857 bits per heavy atom. The SMILES string of the molecule is CC(C(=O)N1CCCCC1C(F)(F)F)c1ccc(NC(=O)C(NC(=O)c2ccnn2C(C)C)C(C2CCCCC2)C2CCCCC2)c(F)c1. The highest BCUT2D eigenvalue weighted by Gasteiger charge is 2.47. The van der Waals surface area contributed by atoms with Crippen molar-refractivity contribution < 1.29 is 31.9 Å². The van der Waals surface area contributed by atoms with Gasteiger partial charge in [-0.25, -0.2) is 4.39 Å². The summed E-state index contributed by atoms with van der Waals surface area (Å²) in [5, 5.41) is 10.1. The van der Waals surface area contributed by atoms with Crippen LogP contribution in [0.25, 0.3) is 0 Å². The van der Waals surface area contributed by atoms with Gasteiger partial charge in [0.1, 0.15) is 23.6 Å². The highest BCUT2D eigenvalue weighted by atomic mass is 19.4. The average molecular weight is 690 g/mol. The van der Waals surface area contributed by atoms with Crippen molar-refractivity contribution in [3.63, 3.8) is 0 Å². The second-order valence-corrected chi connectivity index (χ2v) is 14.6. The van der Waals surface area contributed by atoms with Gasteiger partial charge in [0.2, 0.25) is 11.8 Å². The average Bonchev–Trinajstić information content (AvgIpc) is 3.60. The summed E-state index contributed by atoms with van der Waals surface area (Å²) in [4.78, 5) is 42.2. The predicted octanol–water partition coefficient (Wildman–Crippen LogP) is 8.16. The number of anilines is 1. The molecule has 12 heteroatoms. The Bertz CT molecular complexity index is 1430. The lowest BCUT2D eigenvalue weighted by atomic mass is 9.66. The molecule has 2 heterocycles. The third-order valence-electron chi connectivity index (χ3n) is 11.0. The lowest BCUT2D eigenvalue weighted by Gasteiger charge is -2.42. The molecule has 2 N–H and O–H groups in total. The number of nitrogens with zero attached hydrogens (tertiary/aromatic N) is 3. The largest absolute Gasteiger partial charge is 0.408 e. The van der Waals surface area contributed by atoms with Gasteiger partial charge in [-0.15, -0.1) is 0 Å². The normalized spacial score (nSPS) is 21.1. The minimum Gasteiger partial charge on any atom is -0.339 e. The molecule has 3 amide bonds. The number of rotatable bonds is 10. The fraction of sp³-hybridized carbons (Fsp3) is 0.676. The van der Waals surface area contributed by atoms with Gasteiger partial charge in [0, 0.05) is 18.8 Å². The number of hydrogen-bond acceptors (Lipinski definition) is 4. The molecule has 49 heavy (non-hydrogen) atoms. The van der Waals surface area contributed by atoms with Crippen LogP contribution in [0.2, 0.25) is 0 Å². The van der Waals surface area contributed by atoms with E-state index in [9.17, 15) is 27.6 Å². The second kappa shape index (κ2) is 16.1. The van der Waals surface area contributed by atoms with E-state index in [1.54, 1.807) is 16.9 Å². The third kappa shape index (κ3) is 8.66. The van der Waals surface area contributed by atoms with Gasteiger partial charge in [0.25, 0.3) is 5.91 Å². The summed E-state index contributed by atoms with van der Waals surface area (Å²) in [6, 6.07) is 2.71. The van der Waals surface area contributed by atoms with Crippen molar-refractivity contribution in [3.8, 4) is 0 Å². The zero-order valence-electron chi connectivity index (χ0n) is 28.9. The van der Waals surface area contributed by atoms with E-state index in [4.69, 9.17) is 0 Å². The first-order valence-corrected chi connectivity index (χ1v) is 18.2. The quantitative estimate of drug-likeness (QED) is 0.246. The van der Waals surface area contributed by atoms with Gasteiger partial charge in [-0.1, -0.05) is 70.3 Å². The number of piperidine rings is 1. The van der Waals surface area contributed by atoms with Crippen LogP contribution in [0.1, 0.15) is 132 Å². The number of alkyl halides is 3. The smallest absolute Gasteiger partial charge is 0.339 e. The first-order valence-electron chi connectivity index (χ1n) is 18.2. The molecule has 1 saturated heterocycles. The molecule has 1 aromatic carbocycles. The van der Waals surface area contributed by atoms with Crippen molar-refractivity contribution in [2.24, 2.45) is 17.8 Å². The summed E-state index contributed by atoms with van der Waals surface area (Å²) in [5.74, 6) is -3.11. The van der Waals surface area contributed by atoms with Crippen molar-refractivity contribution in [1.82, 2.24) is 20.0 Å². The van der Waals surface area contributed by atoms with E-state index in [1.807, 2.05) is 13.8 Å². The zero-order valence-corrected chi connectivity index (χ0v) is 28.9. The van der Waals surface area contributed by atoms with Gasteiger partial charge in [0.05, 0.1) is 11.6 Å². The van der Waals surface area contributed by atoms with Gasteiger partial charge >= 0.3 is 6.18 Å². The lowest BCUT2D eigenvalue weighted by molar-refractivity contribution is -0.196. The topological polar surface area (TPSA) is 96.3 Å². The summed E-state index contributed by atoms with van der Waals surface area (Å²) < 4.78 is 58.5. The number of carbonyl (C=O) groups excluding carboxylic acids is 3. The molecule has 2 aromatic rings. The molecule has 0 spiro atoms. The van der Waals surface area contributed by atoms with Crippen LogP contribution in [0.3, 0.4) is 0 Å². The first-order chi connectivity index (χ1) is 23.4. The molecule has 2 saturated carbocycles. The van der Waals surface area contributed by atoms with E-state index in [2.05, 4.69) is 15.7 Å². The van der Waals surface area contributed by atoms with Crippen molar-refractivity contribution in [2.45, 2.75) is 134 Å². The van der Waals surface area contributed by atoms with Gasteiger partial charge in [-0.05, 0) is 81.5 Å². The summed E-state index contributed by atoms with van der Waals surface area (Å²) in [7, 11) is 0. The van der Waals surface area contributed by atoms with Crippen LogP contribution in [-0.2, 0) is 9.59 Å². The van der Waals surface area contributed by atoms with Crippen molar-refractivity contribution in [2.75, 3.05) is 11.9 Å². The number of carbonyl (C=O) groups is 3. The number of nitrogens with one attached hydrogen (secondary N) is 2. The van der Waals surface area contributed by atoms with E-state index in [0.29, 0.717) is 18.5 Å². The molecule has 5 rings (SSSR count). The number of amides is 3. The monoisotopic (exact) mass is 689 g/mol. The van der Waals surface area contributed by atoms with Crippen molar-refractivity contribution in [1.29, 1.82) is 0 Å². The van der Waals surface area contributed by atoms with E-state index >= 15 is 4.39 Å². The highest BCUT2D eigenvalue weighted by Crippen LogP contribution is 2.42. The fourth-order valence-corrected chi connectivity index (χ4v) is 8.46. The highest BCUT2D eigenvalue weighted by molar-refractivity contribution is 6.01. The summed E-state index contributed by atoms with van der Waals surface area (Å²) in [6.45, 7) is 5.31. The van der Waals surface area contributed by atoms with Crippen LogP contribution < -0.4 is 10.6 Å². The van der Waals surface area contributed by atoms with Gasteiger partial charge < -0.3 is 15.5 Å². The molecule has 3 fully saturated rings. The maximum atomic E-state index is 15.7. The molecule has 0 radical (unpaired) electrons. The standard InChI is InChI=1S/C37H51F4N5O3/c1-23(2)46-30(19-20-42-46)34(47)44-33(32(25-12-6-4-7-13-25)26-14-8-5-9-15-26)35(48)43-29-18-17-27(22-28(29)38)24(3)36(49)45-21-11-10-16-31(45)37(39,40)41/h17-20,22-26,31-33H,4-16,21H2,1-3H3,(H,43,48)(H,44,47). The third-order valence-corrected chi connectivity index (χ3v) is 11.0.